The molecule has 0 spiro atoms. The van der Waals surface area contributed by atoms with E-state index in [4.69, 9.17) is 5.26 Å². The van der Waals surface area contributed by atoms with Gasteiger partial charge in [0.25, 0.3) is 0 Å². The number of thiazole rings is 1. The number of hydrogen-bond donors (Lipinski definition) is 1. The van der Waals surface area contributed by atoms with Crippen LogP contribution in [0.4, 0.5) is 0 Å². The maximum atomic E-state index is 12.0. The van der Waals surface area contributed by atoms with Gasteiger partial charge in [-0.3, -0.25) is 4.79 Å². The Balaban J connectivity index is 1.95. The number of rotatable bonds is 3. The molecule has 1 heterocycles. The van der Waals surface area contributed by atoms with E-state index in [1.54, 1.807) is 0 Å². The first-order valence-corrected chi connectivity index (χ1v) is 6.65. The molecule has 5 heteroatoms. The minimum absolute atomic E-state index is 0.134. The molecule has 1 aromatic heterocycles. The van der Waals surface area contributed by atoms with E-state index in [1.165, 1.54) is 11.3 Å². The lowest BCUT2D eigenvalue weighted by Crippen LogP contribution is -2.37. The largest absolute Gasteiger partial charge is 0.348 e. The fourth-order valence-electron chi connectivity index (χ4n) is 2.18. The first kappa shape index (κ1) is 12.1. The van der Waals surface area contributed by atoms with Gasteiger partial charge in [0.2, 0.25) is 5.91 Å². The predicted octanol–water partition coefficient (Wildman–Crippen LogP) is 2.15. The number of amides is 1. The Morgan fingerprint density at radius 1 is 1.65 bits per heavy atom. The minimum Gasteiger partial charge on any atom is -0.348 e. The third-order valence-corrected chi connectivity index (χ3v) is 4.14. The molecular weight excluding hydrogens is 234 g/mol. The summed E-state index contributed by atoms with van der Waals surface area (Å²) in [4.78, 5) is 16.3. The summed E-state index contributed by atoms with van der Waals surface area (Å²) in [6, 6.07) is 2.19. The molecule has 1 aliphatic rings. The molecule has 2 rings (SSSR count). The van der Waals surface area contributed by atoms with E-state index < -0.39 is 5.41 Å². The molecule has 4 nitrogen and oxygen atoms in total. The maximum Gasteiger partial charge on any atom is 0.240 e. The van der Waals surface area contributed by atoms with Crippen molar-refractivity contribution in [3.8, 4) is 6.07 Å². The number of aromatic nitrogens is 1. The number of hydrogen-bond acceptors (Lipinski definition) is 4. The van der Waals surface area contributed by atoms with Crippen LogP contribution >= 0.6 is 11.3 Å². The molecule has 90 valence electrons. The van der Waals surface area contributed by atoms with E-state index in [9.17, 15) is 4.79 Å². The van der Waals surface area contributed by atoms with E-state index in [1.807, 2.05) is 12.3 Å². The molecule has 1 saturated carbocycles. The predicted molar refractivity (Wildman–Crippen MR) is 65.2 cm³/mol. The standard InChI is InChI=1S/C12H15N3OS/c1-9-7-17-10(15-9)6-14-11(16)12(8-13)4-2-3-5-12/h7H,2-6H2,1H3,(H,14,16). The summed E-state index contributed by atoms with van der Waals surface area (Å²) in [6.07, 6.45) is 3.31. The SMILES string of the molecule is Cc1csc(CNC(=O)C2(C#N)CCCC2)n1. The molecule has 0 aliphatic heterocycles. The van der Waals surface area contributed by atoms with Gasteiger partial charge in [-0.15, -0.1) is 11.3 Å². The highest BCUT2D eigenvalue weighted by atomic mass is 32.1. The van der Waals surface area contributed by atoms with Crippen molar-refractivity contribution in [3.63, 3.8) is 0 Å². The van der Waals surface area contributed by atoms with Crippen LogP contribution < -0.4 is 5.32 Å². The zero-order valence-electron chi connectivity index (χ0n) is 9.82. The van der Waals surface area contributed by atoms with Gasteiger partial charge >= 0.3 is 0 Å². The highest BCUT2D eigenvalue weighted by Gasteiger charge is 2.41. The summed E-state index contributed by atoms with van der Waals surface area (Å²) in [5, 5.41) is 14.8. The topological polar surface area (TPSA) is 65.8 Å². The molecule has 1 N–H and O–H groups in total. The molecule has 1 aromatic rings. The third kappa shape index (κ3) is 2.47. The van der Waals surface area contributed by atoms with E-state index in [-0.39, 0.29) is 5.91 Å². The number of carbonyl (C=O) groups excluding carboxylic acids is 1. The fraction of sp³-hybridized carbons (Fsp3) is 0.583. The van der Waals surface area contributed by atoms with Crippen LogP contribution in [0, 0.1) is 23.7 Å². The molecule has 0 aromatic carbocycles. The Morgan fingerprint density at radius 3 is 2.88 bits per heavy atom. The van der Waals surface area contributed by atoms with Crippen LogP contribution in [0.1, 0.15) is 36.4 Å². The summed E-state index contributed by atoms with van der Waals surface area (Å²) >= 11 is 1.53. The van der Waals surface area contributed by atoms with Gasteiger partial charge in [0, 0.05) is 11.1 Å². The van der Waals surface area contributed by atoms with Crippen LogP contribution in [-0.2, 0) is 11.3 Å². The fourth-order valence-corrected chi connectivity index (χ4v) is 2.89. The Bertz CT molecular complexity index is 455. The van der Waals surface area contributed by atoms with Gasteiger partial charge in [0.05, 0.1) is 12.6 Å². The van der Waals surface area contributed by atoms with E-state index in [0.717, 1.165) is 23.5 Å². The van der Waals surface area contributed by atoms with E-state index in [0.29, 0.717) is 19.4 Å². The second kappa shape index (κ2) is 4.84. The minimum atomic E-state index is -0.785. The summed E-state index contributed by atoms with van der Waals surface area (Å²) in [6.45, 7) is 2.36. The van der Waals surface area contributed by atoms with Crippen molar-refractivity contribution < 1.29 is 4.79 Å². The van der Waals surface area contributed by atoms with Gasteiger partial charge in [0.15, 0.2) is 0 Å². The van der Waals surface area contributed by atoms with Crippen LogP contribution in [0.3, 0.4) is 0 Å². The van der Waals surface area contributed by atoms with Crippen LogP contribution in [0.5, 0.6) is 0 Å². The van der Waals surface area contributed by atoms with Gasteiger partial charge in [-0.05, 0) is 19.8 Å². The van der Waals surface area contributed by atoms with Gasteiger partial charge in [-0.1, -0.05) is 12.8 Å². The van der Waals surface area contributed by atoms with Crippen molar-refractivity contribution in [1.29, 1.82) is 5.26 Å². The molecule has 1 amide bonds. The molecule has 0 atom stereocenters. The number of aryl methyl sites for hydroxylation is 1. The van der Waals surface area contributed by atoms with Crippen LogP contribution in [0.15, 0.2) is 5.38 Å². The number of nitrogens with one attached hydrogen (secondary N) is 1. The van der Waals surface area contributed by atoms with Gasteiger partial charge < -0.3 is 5.32 Å². The molecule has 0 radical (unpaired) electrons. The molecule has 0 unspecified atom stereocenters. The molecule has 0 saturated heterocycles. The number of carbonyl (C=O) groups is 1. The summed E-state index contributed by atoms with van der Waals surface area (Å²) in [5.74, 6) is -0.134. The van der Waals surface area contributed by atoms with Gasteiger partial charge in [-0.25, -0.2) is 4.98 Å². The lowest BCUT2D eigenvalue weighted by atomic mass is 9.87. The molecule has 0 bridgehead atoms. The average molecular weight is 249 g/mol. The Morgan fingerprint density at radius 2 is 2.35 bits per heavy atom. The summed E-state index contributed by atoms with van der Waals surface area (Å²) in [5.41, 5.74) is 0.182. The first-order chi connectivity index (χ1) is 8.16. The van der Waals surface area contributed by atoms with E-state index in [2.05, 4.69) is 16.4 Å². The summed E-state index contributed by atoms with van der Waals surface area (Å²) < 4.78 is 0. The van der Waals surface area contributed by atoms with Crippen molar-refractivity contribution in [1.82, 2.24) is 10.3 Å². The van der Waals surface area contributed by atoms with Gasteiger partial charge in [0.1, 0.15) is 10.4 Å². The zero-order valence-corrected chi connectivity index (χ0v) is 10.6. The number of nitrogens with zero attached hydrogens (tertiary/aromatic N) is 2. The zero-order chi connectivity index (χ0) is 12.3. The van der Waals surface area contributed by atoms with Crippen molar-refractivity contribution in [3.05, 3.63) is 16.1 Å². The molecule has 1 fully saturated rings. The molecule has 17 heavy (non-hydrogen) atoms. The lowest BCUT2D eigenvalue weighted by molar-refractivity contribution is -0.128. The smallest absolute Gasteiger partial charge is 0.240 e. The summed E-state index contributed by atoms with van der Waals surface area (Å²) in [7, 11) is 0. The monoisotopic (exact) mass is 249 g/mol. The molecular formula is C12H15N3OS. The van der Waals surface area contributed by atoms with Crippen molar-refractivity contribution in [2.24, 2.45) is 5.41 Å². The Labute approximate surface area is 105 Å². The van der Waals surface area contributed by atoms with Crippen LogP contribution in [0.25, 0.3) is 0 Å². The highest BCUT2D eigenvalue weighted by Crippen LogP contribution is 2.37. The average Bonchev–Trinajstić information content (AvgIpc) is 2.95. The van der Waals surface area contributed by atoms with Gasteiger partial charge in [-0.2, -0.15) is 5.26 Å². The quantitative estimate of drug-likeness (QED) is 0.892. The second-order valence-corrected chi connectivity index (χ2v) is 5.41. The maximum absolute atomic E-state index is 12.0. The number of nitriles is 1. The third-order valence-electron chi connectivity index (χ3n) is 3.17. The normalized spacial score (nSPS) is 17.6. The lowest BCUT2D eigenvalue weighted by Gasteiger charge is -2.18. The Hall–Kier alpha value is -1.41. The highest BCUT2D eigenvalue weighted by molar-refractivity contribution is 7.09. The first-order valence-electron chi connectivity index (χ1n) is 5.77. The van der Waals surface area contributed by atoms with E-state index >= 15 is 0 Å². The van der Waals surface area contributed by atoms with Crippen molar-refractivity contribution >= 4 is 17.2 Å². The van der Waals surface area contributed by atoms with Crippen molar-refractivity contribution in [2.45, 2.75) is 39.2 Å². The molecule has 1 aliphatic carbocycles. The van der Waals surface area contributed by atoms with Crippen LogP contribution in [-0.4, -0.2) is 10.9 Å². The van der Waals surface area contributed by atoms with Crippen molar-refractivity contribution in [2.75, 3.05) is 0 Å². The second-order valence-electron chi connectivity index (χ2n) is 4.47. The Kier molecular flexibility index (Phi) is 3.43. The van der Waals surface area contributed by atoms with Crippen LogP contribution in [0.2, 0.25) is 0 Å².